The summed E-state index contributed by atoms with van der Waals surface area (Å²) in [7, 11) is 6.48. The van der Waals surface area contributed by atoms with Crippen LogP contribution in [0.1, 0.15) is 35.6 Å². The highest BCUT2D eigenvalue weighted by Crippen LogP contribution is 2.21. The van der Waals surface area contributed by atoms with Crippen molar-refractivity contribution in [2.24, 2.45) is 0 Å². The molecule has 0 spiro atoms. The highest BCUT2D eigenvalue weighted by Gasteiger charge is 2.23. The lowest BCUT2D eigenvalue weighted by molar-refractivity contribution is 0.124. The minimum absolute atomic E-state index is 0.421. The van der Waals surface area contributed by atoms with Crippen LogP contribution in [0.15, 0.2) is 18.2 Å². The smallest absolute Gasteiger partial charge is 0.0446 e. The molecule has 0 bridgehead atoms. The number of hydrogen-bond acceptors (Lipinski definition) is 3. The molecule has 2 unspecified atom stereocenters. The fraction of sp³-hybridized carbons (Fsp3) is 0.667. The molecule has 1 aliphatic rings. The molecule has 0 saturated carbocycles. The fourth-order valence-corrected chi connectivity index (χ4v) is 3.22. The monoisotopic (exact) mass is 289 g/mol. The number of aryl methyl sites for hydroxylation is 2. The van der Waals surface area contributed by atoms with Crippen molar-refractivity contribution in [3.8, 4) is 0 Å². The summed E-state index contributed by atoms with van der Waals surface area (Å²) in [5.74, 6) is 0. The Kier molecular flexibility index (Phi) is 5.80. The van der Waals surface area contributed by atoms with Gasteiger partial charge < -0.3 is 10.2 Å². The zero-order valence-corrected chi connectivity index (χ0v) is 14.3. The second kappa shape index (κ2) is 7.39. The molecule has 1 saturated heterocycles. The Bertz CT molecular complexity index is 456. The van der Waals surface area contributed by atoms with Crippen LogP contribution in [0.25, 0.3) is 0 Å². The molecule has 21 heavy (non-hydrogen) atoms. The van der Waals surface area contributed by atoms with Gasteiger partial charge in [0.25, 0.3) is 0 Å². The van der Waals surface area contributed by atoms with Gasteiger partial charge in [0.2, 0.25) is 0 Å². The van der Waals surface area contributed by atoms with Crippen LogP contribution >= 0.6 is 0 Å². The van der Waals surface area contributed by atoms with Crippen molar-refractivity contribution in [1.82, 2.24) is 15.1 Å². The molecular formula is C18H31N3. The Balaban J connectivity index is 2.03. The molecule has 0 radical (unpaired) electrons. The van der Waals surface area contributed by atoms with Crippen LogP contribution in [0.2, 0.25) is 0 Å². The quantitative estimate of drug-likeness (QED) is 0.899. The topological polar surface area (TPSA) is 18.5 Å². The minimum atomic E-state index is 0.421. The maximum Gasteiger partial charge on any atom is 0.0446 e. The molecule has 1 aromatic rings. The first-order chi connectivity index (χ1) is 10.0. The molecule has 118 valence electrons. The fourth-order valence-electron chi connectivity index (χ4n) is 3.22. The van der Waals surface area contributed by atoms with Gasteiger partial charge in [-0.05, 0) is 71.1 Å². The third-order valence-corrected chi connectivity index (χ3v) is 4.93. The van der Waals surface area contributed by atoms with E-state index in [0.29, 0.717) is 12.1 Å². The van der Waals surface area contributed by atoms with E-state index in [4.69, 9.17) is 0 Å². The largest absolute Gasteiger partial charge is 0.312 e. The van der Waals surface area contributed by atoms with E-state index >= 15 is 0 Å². The molecule has 2 atom stereocenters. The van der Waals surface area contributed by atoms with E-state index < -0.39 is 0 Å². The van der Waals surface area contributed by atoms with E-state index in [-0.39, 0.29) is 0 Å². The van der Waals surface area contributed by atoms with Crippen molar-refractivity contribution in [1.29, 1.82) is 0 Å². The lowest BCUT2D eigenvalue weighted by Crippen LogP contribution is -2.47. The van der Waals surface area contributed by atoms with Gasteiger partial charge in [0.15, 0.2) is 0 Å². The minimum Gasteiger partial charge on any atom is -0.312 e. The summed E-state index contributed by atoms with van der Waals surface area (Å²) in [5, 5.41) is 3.50. The predicted molar refractivity (Wildman–Crippen MR) is 90.9 cm³/mol. The standard InChI is InChI=1S/C18H31N3/c1-14-8-9-16(11-15(14)2)18(19-3)13-21-10-6-7-17(12-21)20(4)5/h8-9,11,17-19H,6-7,10,12-13H2,1-5H3. The third kappa shape index (κ3) is 4.29. The molecule has 0 aliphatic carbocycles. The zero-order chi connectivity index (χ0) is 15.4. The molecule has 1 aliphatic heterocycles. The summed E-state index contributed by atoms with van der Waals surface area (Å²) in [6.07, 6.45) is 2.64. The van der Waals surface area contributed by atoms with Gasteiger partial charge in [-0.15, -0.1) is 0 Å². The third-order valence-electron chi connectivity index (χ3n) is 4.93. The van der Waals surface area contributed by atoms with Gasteiger partial charge in [0, 0.05) is 25.2 Å². The van der Waals surface area contributed by atoms with Crippen LogP contribution in [-0.2, 0) is 0 Å². The Hall–Kier alpha value is -0.900. The zero-order valence-electron chi connectivity index (χ0n) is 14.3. The van der Waals surface area contributed by atoms with Crippen LogP contribution in [0.3, 0.4) is 0 Å². The van der Waals surface area contributed by atoms with Crippen molar-refractivity contribution in [2.75, 3.05) is 40.8 Å². The molecule has 0 aromatic heterocycles. The lowest BCUT2D eigenvalue weighted by Gasteiger charge is -2.37. The molecule has 1 heterocycles. The average molecular weight is 289 g/mol. The first-order valence-electron chi connectivity index (χ1n) is 8.14. The summed E-state index contributed by atoms with van der Waals surface area (Å²) in [5.41, 5.74) is 4.17. The van der Waals surface area contributed by atoms with Crippen LogP contribution < -0.4 is 5.32 Å². The van der Waals surface area contributed by atoms with Crippen molar-refractivity contribution in [3.05, 3.63) is 34.9 Å². The number of piperidine rings is 1. The highest BCUT2D eigenvalue weighted by molar-refractivity contribution is 5.31. The normalized spacial score (nSPS) is 21.7. The number of rotatable bonds is 5. The van der Waals surface area contributed by atoms with Crippen molar-refractivity contribution in [2.45, 2.75) is 38.8 Å². The Morgan fingerprint density at radius 3 is 2.67 bits per heavy atom. The summed E-state index contributed by atoms with van der Waals surface area (Å²) in [6.45, 7) is 7.90. The van der Waals surface area contributed by atoms with Crippen molar-refractivity contribution in [3.63, 3.8) is 0 Å². The van der Waals surface area contributed by atoms with Crippen molar-refractivity contribution >= 4 is 0 Å². The second-order valence-electron chi connectivity index (χ2n) is 6.70. The maximum atomic E-state index is 3.50. The second-order valence-corrected chi connectivity index (χ2v) is 6.70. The van der Waals surface area contributed by atoms with Gasteiger partial charge in [-0.1, -0.05) is 18.2 Å². The van der Waals surface area contributed by atoms with Gasteiger partial charge in [0.1, 0.15) is 0 Å². The van der Waals surface area contributed by atoms with Gasteiger partial charge in [-0.2, -0.15) is 0 Å². The molecule has 1 N–H and O–H groups in total. The number of hydrogen-bond donors (Lipinski definition) is 1. The number of benzene rings is 1. The average Bonchev–Trinajstić information content (AvgIpc) is 2.48. The molecular weight excluding hydrogens is 258 g/mol. The first-order valence-corrected chi connectivity index (χ1v) is 8.14. The van der Waals surface area contributed by atoms with E-state index in [1.54, 1.807) is 0 Å². The molecule has 3 heteroatoms. The van der Waals surface area contributed by atoms with E-state index in [2.05, 4.69) is 68.3 Å². The molecule has 0 amide bonds. The Morgan fingerprint density at radius 2 is 2.05 bits per heavy atom. The highest BCUT2D eigenvalue weighted by atomic mass is 15.2. The molecule has 1 fully saturated rings. The van der Waals surface area contributed by atoms with Crippen LogP contribution in [0, 0.1) is 13.8 Å². The molecule has 1 aromatic carbocycles. The maximum absolute atomic E-state index is 3.50. The number of likely N-dealkylation sites (tertiary alicyclic amines) is 1. The van der Waals surface area contributed by atoms with Gasteiger partial charge in [-0.3, -0.25) is 4.90 Å². The number of nitrogens with zero attached hydrogens (tertiary/aromatic N) is 2. The van der Waals surface area contributed by atoms with E-state index in [9.17, 15) is 0 Å². The van der Waals surface area contributed by atoms with E-state index in [1.165, 1.54) is 42.6 Å². The number of likely N-dealkylation sites (N-methyl/N-ethyl adjacent to an activating group) is 2. The summed E-state index contributed by atoms with van der Waals surface area (Å²) >= 11 is 0. The summed E-state index contributed by atoms with van der Waals surface area (Å²) in [4.78, 5) is 4.99. The van der Waals surface area contributed by atoms with Gasteiger partial charge in [0.05, 0.1) is 0 Å². The van der Waals surface area contributed by atoms with Crippen LogP contribution in [0.5, 0.6) is 0 Å². The molecule has 3 nitrogen and oxygen atoms in total. The van der Waals surface area contributed by atoms with E-state index in [1.807, 2.05) is 0 Å². The summed E-state index contributed by atoms with van der Waals surface area (Å²) < 4.78 is 0. The molecule has 2 rings (SSSR count). The first kappa shape index (κ1) is 16.5. The van der Waals surface area contributed by atoms with Gasteiger partial charge in [-0.25, -0.2) is 0 Å². The Labute approximate surface area is 130 Å². The van der Waals surface area contributed by atoms with E-state index in [0.717, 1.165) is 6.54 Å². The summed E-state index contributed by atoms with van der Waals surface area (Å²) in [6, 6.07) is 7.98. The predicted octanol–water partition coefficient (Wildman–Crippen LogP) is 2.59. The van der Waals surface area contributed by atoms with Crippen LogP contribution in [-0.4, -0.2) is 56.6 Å². The number of nitrogens with one attached hydrogen (secondary N) is 1. The van der Waals surface area contributed by atoms with Crippen molar-refractivity contribution < 1.29 is 0 Å². The SMILES string of the molecule is CNC(CN1CCCC(N(C)C)C1)c1ccc(C)c(C)c1. The lowest BCUT2D eigenvalue weighted by atomic mass is 9.99. The Morgan fingerprint density at radius 1 is 1.29 bits per heavy atom. The van der Waals surface area contributed by atoms with Gasteiger partial charge >= 0.3 is 0 Å². The van der Waals surface area contributed by atoms with Crippen LogP contribution in [0.4, 0.5) is 0 Å².